The molecule has 2 nitrogen and oxygen atoms in total. The summed E-state index contributed by atoms with van der Waals surface area (Å²) in [4.78, 5) is 4.20. The monoisotopic (exact) mass is 272 g/mol. The van der Waals surface area contributed by atoms with E-state index in [2.05, 4.69) is 11.6 Å². The Morgan fingerprint density at radius 2 is 1.90 bits per heavy atom. The van der Waals surface area contributed by atoms with Crippen LogP contribution in [-0.2, 0) is 0 Å². The lowest BCUT2D eigenvalue weighted by Gasteiger charge is -2.07. The molecule has 0 aromatic carbocycles. The van der Waals surface area contributed by atoms with Crippen molar-refractivity contribution in [2.75, 3.05) is 0 Å². The van der Waals surface area contributed by atoms with Gasteiger partial charge in [0.15, 0.2) is 0 Å². The molecule has 0 saturated heterocycles. The Bertz CT molecular complexity index is 599. The van der Waals surface area contributed by atoms with Gasteiger partial charge in [-0.3, -0.25) is 4.98 Å². The van der Waals surface area contributed by atoms with Crippen molar-refractivity contribution in [1.29, 1.82) is 0 Å². The van der Waals surface area contributed by atoms with Crippen LogP contribution in [0.25, 0.3) is 11.1 Å². The zero-order valence-corrected chi connectivity index (χ0v) is 12.5. The maximum atomic E-state index is 14.2. The first-order chi connectivity index (χ1) is 9.31. The molecule has 1 heterocycles. The second-order valence-corrected chi connectivity index (χ2v) is 5.09. The molecule has 20 heavy (non-hydrogen) atoms. The minimum Gasteiger partial charge on any atom is -0.402 e. The van der Waals surface area contributed by atoms with Crippen LogP contribution in [0.15, 0.2) is 48.3 Å². The third kappa shape index (κ3) is 4.50. The fourth-order valence-corrected chi connectivity index (χ4v) is 1.58. The van der Waals surface area contributed by atoms with Gasteiger partial charge in [-0.15, -0.1) is 0 Å². The van der Waals surface area contributed by atoms with Gasteiger partial charge in [-0.25, -0.2) is 4.39 Å². The van der Waals surface area contributed by atoms with E-state index in [1.807, 2.05) is 32.9 Å². The smallest absolute Gasteiger partial charge is 0.150 e. The summed E-state index contributed by atoms with van der Waals surface area (Å²) in [6.07, 6.45) is 7.06. The van der Waals surface area contributed by atoms with Gasteiger partial charge in [0.25, 0.3) is 0 Å². The maximum Gasteiger partial charge on any atom is 0.150 e. The van der Waals surface area contributed by atoms with Gasteiger partial charge in [0.1, 0.15) is 11.5 Å². The summed E-state index contributed by atoms with van der Waals surface area (Å²) in [7, 11) is 0. The van der Waals surface area contributed by atoms with Crippen LogP contribution in [-0.4, -0.2) is 4.98 Å². The van der Waals surface area contributed by atoms with Crippen molar-refractivity contribution in [1.82, 2.24) is 4.98 Å². The maximum absolute atomic E-state index is 14.2. The van der Waals surface area contributed by atoms with Gasteiger partial charge < -0.3 is 5.73 Å². The summed E-state index contributed by atoms with van der Waals surface area (Å²) >= 11 is 0. The average molecular weight is 272 g/mol. The summed E-state index contributed by atoms with van der Waals surface area (Å²) in [5, 5.41) is 0. The number of hydrogen-bond acceptors (Lipinski definition) is 2. The zero-order valence-electron chi connectivity index (χ0n) is 12.5. The van der Waals surface area contributed by atoms with E-state index in [1.165, 1.54) is 6.07 Å². The summed E-state index contributed by atoms with van der Waals surface area (Å²) < 4.78 is 14.2. The Kier molecular flexibility index (Phi) is 5.44. The van der Waals surface area contributed by atoms with E-state index >= 15 is 0 Å². The molecule has 0 radical (unpaired) electrons. The van der Waals surface area contributed by atoms with E-state index in [9.17, 15) is 4.39 Å². The lowest BCUT2D eigenvalue weighted by Crippen LogP contribution is -1.98. The molecule has 0 spiro atoms. The molecule has 1 aromatic rings. The molecular weight excluding hydrogens is 251 g/mol. The van der Waals surface area contributed by atoms with Crippen molar-refractivity contribution in [3.8, 4) is 0 Å². The Labute approximate surface area is 120 Å². The Morgan fingerprint density at radius 1 is 1.25 bits per heavy atom. The number of hydrogen-bond donors (Lipinski definition) is 1. The average Bonchev–Trinajstić information content (AvgIpc) is 2.33. The SMILES string of the molecule is C=C(C)c1cnc(C(/C=C(\C)N)=C/C=C(C)C)c(F)c1. The first kappa shape index (κ1) is 15.9. The number of nitrogens with two attached hydrogens (primary N) is 1. The van der Waals surface area contributed by atoms with Crippen molar-refractivity contribution in [2.45, 2.75) is 27.7 Å². The number of rotatable bonds is 4. The quantitative estimate of drug-likeness (QED) is 0.821. The van der Waals surface area contributed by atoms with Crippen LogP contribution >= 0.6 is 0 Å². The van der Waals surface area contributed by atoms with Crippen LogP contribution in [0.3, 0.4) is 0 Å². The highest BCUT2D eigenvalue weighted by atomic mass is 19.1. The van der Waals surface area contributed by atoms with Crippen LogP contribution in [0.1, 0.15) is 39.0 Å². The van der Waals surface area contributed by atoms with E-state index in [0.29, 0.717) is 16.8 Å². The second kappa shape index (κ2) is 6.85. The van der Waals surface area contributed by atoms with E-state index in [0.717, 1.165) is 11.1 Å². The number of nitrogens with zero attached hydrogens (tertiary/aromatic N) is 1. The molecule has 0 amide bonds. The molecule has 0 fully saturated rings. The van der Waals surface area contributed by atoms with Crippen LogP contribution in [0.5, 0.6) is 0 Å². The highest BCUT2D eigenvalue weighted by molar-refractivity contribution is 5.74. The van der Waals surface area contributed by atoms with Crippen molar-refractivity contribution >= 4 is 11.1 Å². The van der Waals surface area contributed by atoms with E-state index in [-0.39, 0.29) is 11.5 Å². The Balaban J connectivity index is 3.35. The molecule has 0 unspecified atom stereocenters. The van der Waals surface area contributed by atoms with E-state index < -0.39 is 0 Å². The van der Waals surface area contributed by atoms with Gasteiger partial charge in [-0.1, -0.05) is 24.3 Å². The third-order valence-corrected chi connectivity index (χ3v) is 2.59. The van der Waals surface area contributed by atoms with Crippen LogP contribution in [0, 0.1) is 5.82 Å². The first-order valence-electron chi connectivity index (χ1n) is 6.42. The van der Waals surface area contributed by atoms with Gasteiger partial charge in [-0.05, 0) is 51.0 Å². The summed E-state index contributed by atoms with van der Waals surface area (Å²) in [6.45, 7) is 11.3. The predicted octanol–water partition coefficient (Wildman–Crippen LogP) is 4.47. The number of aromatic nitrogens is 1. The van der Waals surface area contributed by atoms with Crippen molar-refractivity contribution in [2.24, 2.45) is 5.73 Å². The highest BCUT2D eigenvalue weighted by Gasteiger charge is 2.09. The molecule has 1 aromatic heterocycles. The Morgan fingerprint density at radius 3 is 2.35 bits per heavy atom. The summed E-state index contributed by atoms with van der Waals surface area (Å²) in [5.41, 5.74) is 9.83. The number of pyridine rings is 1. The molecular formula is C17H21FN2. The number of halogens is 1. The molecule has 106 valence electrons. The fourth-order valence-electron chi connectivity index (χ4n) is 1.58. The Hall–Kier alpha value is -2.16. The molecule has 0 aliphatic carbocycles. The lowest BCUT2D eigenvalue weighted by atomic mass is 10.1. The van der Waals surface area contributed by atoms with Crippen molar-refractivity contribution in [3.05, 3.63) is 65.4 Å². The van der Waals surface area contributed by atoms with Crippen LogP contribution in [0.2, 0.25) is 0 Å². The molecule has 0 atom stereocenters. The second-order valence-electron chi connectivity index (χ2n) is 5.09. The highest BCUT2D eigenvalue weighted by Crippen LogP contribution is 2.21. The van der Waals surface area contributed by atoms with Crippen molar-refractivity contribution < 1.29 is 4.39 Å². The molecule has 0 aliphatic heterocycles. The first-order valence-corrected chi connectivity index (χ1v) is 6.42. The molecule has 0 aliphatic rings. The van der Waals surface area contributed by atoms with E-state index in [1.54, 1.807) is 19.2 Å². The number of allylic oxidation sites excluding steroid dienone is 7. The van der Waals surface area contributed by atoms with E-state index in [4.69, 9.17) is 5.73 Å². The lowest BCUT2D eigenvalue weighted by molar-refractivity contribution is 0.616. The zero-order chi connectivity index (χ0) is 15.3. The van der Waals surface area contributed by atoms with Gasteiger partial charge in [0.2, 0.25) is 0 Å². The summed E-state index contributed by atoms with van der Waals surface area (Å²) in [5.74, 6) is -0.378. The van der Waals surface area contributed by atoms with Gasteiger partial charge in [0.05, 0.1) is 0 Å². The van der Waals surface area contributed by atoms with Crippen LogP contribution in [0.4, 0.5) is 4.39 Å². The largest absolute Gasteiger partial charge is 0.402 e. The minimum absolute atomic E-state index is 0.289. The normalized spacial score (nSPS) is 12.2. The molecule has 2 N–H and O–H groups in total. The van der Waals surface area contributed by atoms with Gasteiger partial charge in [-0.2, -0.15) is 0 Å². The molecule has 3 heteroatoms. The molecule has 0 bridgehead atoms. The predicted molar refractivity (Wildman–Crippen MR) is 84.3 cm³/mol. The summed E-state index contributed by atoms with van der Waals surface area (Å²) in [6, 6.07) is 1.45. The van der Waals surface area contributed by atoms with Gasteiger partial charge >= 0.3 is 0 Å². The van der Waals surface area contributed by atoms with Crippen LogP contribution < -0.4 is 5.73 Å². The standard InChI is InChI=1S/C17H21FN2/c1-11(2)6-7-14(8-13(5)19)17-16(18)9-15(10-20-17)12(3)4/h6-10H,3,19H2,1-2,4-5H3/b13-8+,14-7+. The fraction of sp³-hybridized carbons (Fsp3) is 0.235. The van der Waals surface area contributed by atoms with Gasteiger partial charge in [0, 0.05) is 17.5 Å². The third-order valence-electron chi connectivity index (χ3n) is 2.59. The van der Waals surface area contributed by atoms with Crippen molar-refractivity contribution in [3.63, 3.8) is 0 Å². The topological polar surface area (TPSA) is 38.9 Å². The minimum atomic E-state index is -0.378. The molecule has 1 rings (SSSR count). The molecule has 0 saturated carbocycles.